The fourth-order valence-electron chi connectivity index (χ4n) is 9.62. The summed E-state index contributed by atoms with van der Waals surface area (Å²) in [5.41, 5.74) is -0.261. The van der Waals surface area contributed by atoms with Gasteiger partial charge in [-0.2, -0.15) is 5.01 Å². The SMILES string of the molecule is O=C1c2ccccc2C(=O)N1c1c(N2C(=O)c3ccccc3C2=O)c2c(N3C(=O)c4ccccc4C3=O)c3nc(cc4ccc(cc5nc(cc1n2N1C(=O)c2ccccc2C1=O)C=C5)[nH]4)C=C3. The van der Waals surface area contributed by atoms with E-state index in [4.69, 9.17) is 9.97 Å². The lowest BCUT2D eigenvalue weighted by Crippen LogP contribution is -2.41. The number of hydrogen-bond donors (Lipinski definition) is 1. The Bertz CT molecular complexity index is 3770. The fraction of sp³-hybridized carbons (Fsp3) is 0. The summed E-state index contributed by atoms with van der Waals surface area (Å²) >= 11 is 0. The van der Waals surface area contributed by atoms with Crippen LogP contribution >= 0.6 is 0 Å². The number of anilines is 3. The highest BCUT2D eigenvalue weighted by atomic mass is 16.2. The van der Waals surface area contributed by atoms with Gasteiger partial charge in [-0.1, -0.05) is 48.5 Å². The van der Waals surface area contributed by atoms with E-state index >= 15 is 38.4 Å². The van der Waals surface area contributed by atoms with Crippen LogP contribution in [0.2, 0.25) is 0 Å². The number of fused-ring (bicyclic) bond motifs is 12. The molecule has 0 saturated carbocycles. The van der Waals surface area contributed by atoms with Crippen molar-refractivity contribution < 1.29 is 38.4 Å². The third kappa shape index (κ3) is 5.18. The van der Waals surface area contributed by atoms with Crippen molar-refractivity contribution in [2.45, 2.75) is 0 Å². The normalized spacial score (nSPS) is 15.6. The molecule has 0 unspecified atom stereocenters. The first kappa shape index (κ1) is 38.5. The minimum atomic E-state index is -0.918. The molecule has 8 bridgehead atoms. The maximum atomic E-state index is 15.2. The van der Waals surface area contributed by atoms with E-state index in [9.17, 15) is 0 Å². The molecule has 0 saturated heterocycles. The molecule has 7 aromatic rings. The third-order valence-electron chi connectivity index (χ3n) is 12.6. The highest BCUT2D eigenvalue weighted by Crippen LogP contribution is 2.51. The molecule has 1 N–H and O–H groups in total. The Kier molecular flexibility index (Phi) is 7.80. The summed E-state index contributed by atoms with van der Waals surface area (Å²) in [6, 6.07) is 32.6. The van der Waals surface area contributed by atoms with Gasteiger partial charge in [-0.05, 0) is 103 Å². The lowest BCUT2D eigenvalue weighted by atomic mass is 10.1. The zero-order valence-corrected chi connectivity index (χ0v) is 34.8. The van der Waals surface area contributed by atoms with Gasteiger partial charge < -0.3 is 4.98 Å². The zero-order chi connectivity index (χ0) is 46.3. The van der Waals surface area contributed by atoms with Gasteiger partial charge >= 0.3 is 0 Å². The molecule has 6 aliphatic rings. The molecule has 0 spiro atoms. The quantitative estimate of drug-likeness (QED) is 0.173. The van der Waals surface area contributed by atoms with Crippen LogP contribution < -0.4 is 19.7 Å². The molecule has 0 fully saturated rings. The summed E-state index contributed by atoms with van der Waals surface area (Å²) in [5, 5.41) is 0.738. The number of carbonyl (C=O) groups excluding carboxylic acids is 8. The van der Waals surface area contributed by atoms with Crippen LogP contribution in [0.15, 0.2) is 127 Å². The summed E-state index contributed by atoms with van der Waals surface area (Å²) in [6.45, 7) is 0. The predicted molar refractivity (Wildman–Crippen MR) is 249 cm³/mol. The standard InChI is InChI=1S/C52H26N8O8/c61-45-31-9-1-2-10-32(31)46(62)56(45)41-39-22-21-29(55-39)24-28-18-17-26(53-28)23-27-19-20-30(54-27)25-40-42(57-47(63)33-11-3-4-12-34(33)48(57)64)43(58-49(65)35-13-5-6-14-36(35)50(58)66)44(41)59(40)60-51(67)37-15-7-8-16-38(37)52(60)68/h1-25,53H. The summed E-state index contributed by atoms with van der Waals surface area (Å²) < 4.78 is 1.06. The maximum absolute atomic E-state index is 15.2. The Balaban J connectivity index is 1.30. The average molecular weight is 891 g/mol. The first-order valence-electron chi connectivity index (χ1n) is 21.2. The van der Waals surface area contributed by atoms with Gasteiger partial charge in [0.05, 0.1) is 72.8 Å². The molecule has 13 rings (SSSR count). The summed E-state index contributed by atoms with van der Waals surface area (Å²) in [5.74, 6) is -7.10. The molecule has 0 atom stereocenters. The van der Waals surface area contributed by atoms with Crippen molar-refractivity contribution in [3.8, 4) is 0 Å². The van der Waals surface area contributed by atoms with Gasteiger partial charge in [-0.15, -0.1) is 0 Å². The van der Waals surface area contributed by atoms with E-state index in [1.807, 2.05) is 12.1 Å². The van der Waals surface area contributed by atoms with Gasteiger partial charge in [-0.3, -0.25) is 38.4 Å². The zero-order valence-electron chi connectivity index (χ0n) is 34.8. The Morgan fingerprint density at radius 1 is 0.353 bits per heavy atom. The van der Waals surface area contributed by atoms with E-state index < -0.39 is 69.8 Å². The minimum Gasteiger partial charge on any atom is -0.355 e. The van der Waals surface area contributed by atoms with E-state index in [-0.39, 0.29) is 61.4 Å². The van der Waals surface area contributed by atoms with Gasteiger partial charge in [0.15, 0.2) is 0 Å². The highest BCUT2D eigenvalue weighted by molar-refractivity contribution is 6.44. The van der Waals surface area contributed by atoms with E-state index in [0.29, 0.717) is 22.4 Å². The maximum Gasteiger partial charge on any atom is 0.281 e. The Morgan fingerprint density at radius 3 is 1.15 bits per heavy atom. The van der Waals surface area contributed by atoms with E-state index in [2.05, 4.69) is 4.98 Å². The largest absolute Gasteiger partial charge is 0.355 e. The van der Waals surface area contributed by atoms with Gasteiger partial charge in [0.2, 0.25) is 0 Å². The molecule has 6 aliphatic heterocycles. The number of nitrogens with zero attached hydrogens (tertiary/aromatic N) is 7. The number of aromatic amines is 1. The third-order valence-corrected chi connectivity index (χ3v) is 12.6. The number of nitrogens with one attached hydrogen (secondary N) is 1. The molecular weight excluding hydrogens is 865 g/mol. The number of hydrogen-bond acceptors (Lipinski definition) is 10. The Hall–Kier alpha value is -9.96. The molecule has 0 radical (unpaired) electrons. The summed E-state index contributed by atoms with van der Waals surface area (Å²) in [4.78, 5) is 136. The number of carbonyl (C=O) groups is 8. The average Bonchev–Trinajstić information content (AvgIpc) is 4.26. The van der Waals surface area contributed by atoms with Crippen LogP contribution in [0.25, 0.3) is 46.4 Å². The molecule has 4 aromatic carbocycles. The van der Waals surface area contributed by atoms with Crippen LogP contribution in [0.4, 0.5) is 17.1 Å². The molecule has 9 heterocycles. The van der Waals surface area contributed by atoms with Crippen molar-refractivity contribution in [2.24, 2.45) is 0 Å². The van der Waals surface area contributed by atoms with Crippen molar-refractivity contribution in [3.63, 3.8) is 0 Å². The number of rotatable bonds is 4. The number of amides is 8. The van der Waals surface area contributed by atoms with Crippen LogP contribution in [0, 0.1) is 0 Å². The smallest absolute Gasteiger partial charge is 0.281 e. The lowest BCUT2D eigenvalue weighted by Gasteiger charge is -2.24. The molecule has 0 aliphatic carbocycles. The van der Waals surface area contributed by atoms with E-state index in [0.717, 1.165) is 24.4 Å². The second-order valence-corrected chi connectivity index (χ2v) is 16.4. The molecule has 3 aromatic heterocycles. The highest BCUT2D eigenvalue weighted by Gasteiger charge is 2.50. The van der Waals surface area contributed by atoms with Crippen molar-refractivity contribution in [1.29, 1.82) is 0 Å². The number of imide groups is 4. The van der Waals surface area contributed by atoms with Crippen LogP contribution in [0.5, 0.6) is 0 Å². The summed E-state index contributed by atoms with van der Waals surface area (Å²) in [6.07, 6.45) is 6.42. The molecule has 8 amide bonds. The lowest BCUT2D eigenvalue weighted by molar-refractivity contribution is 0.0884. The minimum absolute atomic E-state index is 0.00682. The van der Waals surface area contributed by atoms with Gasteiger partial charge in [-0.25, -0.2) is 29.3 Å². The number of aromatic nitrogens is 4. The molecule has 16 heteroatoms. The molecule has 322 valence electrons. The molecular formula is C52H26N8O8. The molecule has 68 heavy (non-hydrogen) atoms. The van der Waals surface area contributed by atoms with Gasteiger partial charge in [0, 0.05) is 11.0 Å². The van der Waals surface area contributed by atoms with E-state index in [1.165, 1.54) is 60.7 Å². The fourth-order valence-corrected chi connectivity index (χ4v) is 9.62. The number of H-pyrrole nitrogens is 1. The van der Waals surface area contributed by atoms with Gasteiger partial charge in [0.1, 0.15) is 22.6 Å². The van der Waals surface area contributed by atoms with Crippen LogP contribution in [0.1, 0.15) is 106 Å². The van der Waals surface area contributed by atoms with Crippen LogP contribution in [-0.2, 0) is 0 Å². The van der Waals surface area contributed by atoms with Crippen molar-refractivity contribution in [2.75, 3.05) is 19.7 Å². The second kappa shape index (κ2) is 13.8. The monoisotopic (exact) mass is 890 g/mol. The van der Waals surface area contributed by atoms with Crippen molar-refractivity contribution in [3.05, 3.63) is 195 Å². The topological polar surface area (TPSA) is 196 Å². The first-order chi connectivity index (χ1) is 33.1. The number of benzene rings is 4. The Labute approximate surface area is 381 Å². The van der Waals surface area contributed by atoms with Crippen molar-refractivity contribution in [1.82, 2.24) is 19.6 Å². The predicted octanol–water partition coefficient (Wildman–Crippen LogP) is 7.46. The van der Waals surface area contributed by atoms with Crippen LogP contribution in [0.3, 0.4) is 0 Å². The van der Waals surface area contributed by atoms with E-state index in [1.54, 1.807) is 78.9 Å². The second-order valence-electron chi connectivity index (χ2n) is 16.4. The summed E-state index contributed by atoms with van der Waals surface area (Å²) in [7, 11) is 0. The van der Waals surface area contributed by atoms with Crippen molar-refractivity contribution >= 4 is 111 Å². The van der Waals surface area contributed by atoms with Gasteiger partial charge in [0.25, 0.3) is 47.3 Å². The van der Waals surface area contributed by atoms with Crippen LogP contribution in [-0.4, -0.2) is 66.9 Å². The first-order valence-corrected chi connectivity index (χ1v) is 21.2. The molecule has 16 nitrogen and oxygen atoms in total. The Morgan fingerprint density at radius 2 is 0.706 bits per heavy atom.